The van der Waals surface area contributed by atoms with Crippen molar-refractivity contribution in [1.29, 1.82) is 0 Å². The molecule has 0 amide bonds. The van der Waals surface area contributed by atoms with Crippen molar-refractivity contribution in [1.82, 2.24) is 10.2 Å². The number of hydrogen-bond donors (Lipinski definition) is 1. The van der Waals surface area contributed by atoms with Crippen molar-refractivity contribution >= 4 is 28.3 Å². The predicted molar refractivity (Wildman–Crippen MR) is 87.9 cm³/mol. The van der Waals surface area contributed by atoms with Gasteiger partial charge in [-0.25, -0.2) is 8.78 Å². The highest BCUT2D eigenvalue weighted by atomic mass is 79.9. The van der Waals surface area contributed by atoms with E-state index < -0.39 is 11.6 Å². The van der Waals surface area contributed by atoms with Gasteiger partial charge in [0.25, 0.3) is 0 Å². The Kier molecular flexibility index (Phi) is 8.09. The maximum Gasteiger partial charge on any atom is 0.144 e. The Morgan fingerprint density at radius 1 is 1.29 bits per heavy atom. The molecule has 0 aliphatic carbocycles. The number of nitrogens with zero attached hydrogens (tertiary/aromatic N) is 1. The van der Waals surface area contributed by atoms with E-state index in [1.807, 2.05) is 6.92 Å². The molecule has 6 heteroatoms. The third-order valence-corrected chi connectivity index (χ3v) is 4.58. The second-order valence-corrected chi connectivity index (χ2v) is 6.07. The Morgan fingerprint density at radius 3 is 2.76 bits per heavy atom. The molecule has 1 aromatic rings. The third-order valence-electron chi connectivity index (χ3n) is 3.97. The first-order valence-electron chi connectivity index (χ1n) is 7.20. The van der Waals surface area contributed by atoms with E-state index in [9.17, 15) is 8.78 Å². The second kappa shape index (κ2) is 9.03. The van der Waals surface area contributed by atoms with Crippen LogP contribution in [0.4, 0.5) is 8.78 Å². The summed E-state index contributed by atoms with van der Waals surface area (Å²) < 4.78 is 28.3. The molecule has 0 bridgehead atoms. The van der Waals surface area contributed by atoms with E-state index in [4.69, 9.17) is 0 Å². The molecule has 2 rings (SSSR count). The lowest BCUT2D eigenvalue weighted by molar-refractivity contribution is 0.178. The molecule has 1 atom stereocenters. The van der Waals surface area contributed by atoms with Crippen LogP contribution in [0.15, 0.2) is 16.6 Å². The molecular weight excluding hydrogens is 362 g/mol. The molecule has 0 saturated carbocycles. The Morgan fingerprint density at radius 2 is 2.05 bits per heavy atom. The molecule has 1 heterocycles. The van der Waals surface area contributed by atoms with Gasteiger partial charge in [0.15, 0.2) is 0 Å². The highest BCUT2D eigenvalue weighted by Crippen LogP contribution is 2.24. The van der Waals surface area contributed by atoms with Crippen molar-refractivity contribution in [3.05, 3.63) is 33.8 Å². The van der Waals surface area contributed by atoms with Gasteiger partial charge in [0.1, 0.15) is 11.6 Å². The summed E-state index contributed by atoms with van der Waals surface area (Å²) >= 11 is 3.13. The van der Waals surface area contributed by atoms with E-state index in [1.54, 1.807) is 0 Å². The van der Waals surface area contributed by atoms with E-state index >= 15 is 0 Å². The average molecular weight is 384 g/mol. The summed E-state index contributed by atoms with van der Waals surface area (Å²) in [5, 5.41) is 3.37. The van der Waals surface area contributed by atoms with Crippen LogP contribution in [0.25, 0.3) is 0 Å². The third kappa shape index (κ3) is 4.88. The van der Waals surface area contributed by atoms with E-state index in [0.717, 1.165) is 38.9 Å². The molecule has 1 saturated heterocycles. The minimum Gasteiger partial charge on any atom is -0.317 e. The standard InChI is InChI=1S/C15H21BrF2N2.ClH/c1-2-20(11-4-3-8-19-9-7-11)10-12-14(17)6-5-13(16)15(12)18;/h5-6,11,19H,2-4,7-10H2,1H3;1H. The zero-order valence-electron chi connectivity index (χ0n) is 12.2. The first kappa shape index (κ1) is 18.8. The van der Waals surface area contributed by atoms with Crippen LogP contribution in [-0.4, -0.2) is 30.6 Å². The highest BCUT2D eigenvalue weighted by Gasteiger charge is 2.22. The van der Waals surface area contributed by atoms with Gasteiger partial charge in [-0.2, -0.15) is 0 Å². The molecule has 0 radical (unpaired) electrons. The number of nitrogens with one attached hydrogen (secondary N) is 1. The maximum absolute atomic E-state index is 14.1. The zero-order valence-corrected chi connectivity index (χ0v) is 14.6. The quantitative estimate of drug-likeness (QED) is 0.787. The molecule has 120 valence electrons. The smallest absolute Gasteiger partial charge is 0.144 e. The van der Waals surface area contributed by atoms with Crippen LogP contribution in [0.5, 0.6) is 0 Å². The van der Waals surface area contributed by atoms with Crippen LogP contribution >= 0.6 is 28.3 Å². The molecule has 2 nitrogen and oxygen atoms in total. The maximum atomic E-state index is 14.1. The van der Waals surface area contributed by atoms with Crippen LogP contribution in [-0.2, 0) is 6.54 Å². The summed E-state index contributed by atoms with van der Waals surface area (Å²) in [5.41, 5.74) is 0.165. The van der Waals surface area contributed by atoms with Crippen molar-refractivity contribution in [2.24, 2.45) is 0 Å². The summed E-state index contributed by atoms with van der Waals surface area (Å²) in [5.74, 6) is -0.939. The Labute approximate surface area is 139 Å². The molecule has 1 fully saturated rings. The second-order valence-electron chi connectivity index (χ2n) is 5.22. The SMILES string of the molecule is CCN(Cc1c(F)ccc(Br)c1F)C1CCCNCC1.Cl. The van der Waals surface area contributed by atoms with Gasteiger partial charge in [-0.15, -0.1) is 12.4 Å². The fourth-order valence-corrected chi connectivity index (χ4v) is 3.15. The lowest BCUT2D eigenvalue weighted by Crippen LogP contribution is -2.35. The van der Waals surface area contributed by atoms with Gasteiger partial charge in [0, 0.05) is 18.2 Å². The fraction of sp³-hybridized carbons (Fsp3) is 0.600. The minimum atomic E-state index is -0.477. The van der Waals surface area contributed by atoms with Crippen molar-refractivity contribution in [2.45, 2.75) is 38.8 Å². The Bertz CT molecular complexity index is 452. The first-order valence-corrected chi connectivity index (χ1v) is 8.00. The zero-order chi connectivity index (χ0) is 14.5. The van der Waals surface area contributed by atoms with Gasteiger partial charge in [0.05, 0.1) is 4.47 Å². The number of hydrogen-bond acceptors (Lipinski definition) is 2. The molecule has 1 unspecified atom stereocenters. The molecule has 0 spiro atoms. The summed E-state index contributed by atoms with van der Waals surface area (Å²) in [6, 6.07) is 3.14. The Balaban J connectivity index is 0.00000220. The van der Waals surface area contributed by atoms with Crippen molar-refractivity contribution in [3.8, 4) is 0 Å². The number of rotatable bonds is 4. The summed E-state index contributed by atoms with van der Waals surface area (Å²) in [7, 11) is 0. The largest absolute Gasteiger partial charge is 0.317 e. The van der Waals surface area contributed by atoms with Crippen LogP contribution in [0.3, 0.4) is 0 Å². The molecule has 1 aliphatic rings. The molecule has 21 heavy (non-hydrogen) atoms. The van der Waals surface area contributed by atoms with Gasteiger partial charge in [-0.3, -0.25) is 4.90 Å². The molecule has 1 N–H and O–H groups in total. The van der Waals surface area contributed by atoms with Crippen LogP contribution in [0.2, 0.25) is 0 Å². The van der Waals surface area contributed by atoms with Crippen LogP contribution in [0, 0.1) is 11.6 Å². The van der Waals surface area contributed by atoms with Crippen molar-refractivity contribution in [2.75, 3.05) is 19.6 Å². The number of halogens is 4. The molecule has 0 aromatic heterocycles. The normalized spacial score (nSPS) is 19.2. The van der Waals surface area contributed by atoms with Crippen molar-refractivity contribution in [3.63, 3.8) is 0 Å². The summed E-state index contributed by atoms with van der Waals surface area (Å²) in [6.45, 7) is 5.19. The average Bonchev–Trinajstić information content (AvgIpc) is 2.72. The molecule has 1 aliphatic heterocycles. The van der Waals surface area contributed by atoms with E-state index in [0.29, 0.717) is 17.1 Å². The predicted octanol–water partition coefficient (Wildman–Crippen LogP) is 4.11. The van der Waals surface area contributed by atoms with Gasteiger partial charge in [-0.05, 0) is 67.0 Å². The monoisotopic (exact) mass is 382 g/mol. The fourth-order valence-electron chi connectivity index (χ4n) is 2.78. The summed E-state index contributed by atoms with van der Waals surface area (Å²) in [6.07, 6.45) is 3.23. The van der Waals surface area contributed by atoms with Gasteiger partial charge < -0.3 is 5.32 Å². The number of benzene rings is 1. The van der Waals surface area contributed by atoms with Crippen molar-refractivity contribution < 1.29 is 8.78 Å². The highest BCUT2D eigenvalue weighted by molar-refractivity contribution is 9.10. The molecule has 1 aromatic carbocycles. The Hall–Kier alpha value is -0.230. The van der Waals surface area contributed by atoms with Crippen LogP contribution < -0.4 is 5.32 Å². The lowest BCUT2D eigenvalue weighted by atomic mass is 10.1. The van der Waals surface area contributed by atoms with E-state index in [1.165, 1.54) is 12.1 Å². The van der Waals surface area contributed by atoms with Gasteiger partial charge in [-0.1, -0.05) is 6.92 Å². The minimum absolute atomic E-state index is 0. The molecular formula is C15H22BrClF2N2. The van der Waals surface area contributed by atoms with Gasteiger partial charge >= 0.3 is 0 Å². The van der Waals surface area contributed by atoms with Gasteiger partial charge in [0.2, 0.25) is 0 Å². The van der Waals surface area contributed by atoms with Crippen LogP contribution in [0.1, 0.15) is 31.7 Å². The van der Waals surface area contributed by atoms with E-state index in [-0.39, 0.29) is 18.0 Å². The lowest BCUT2D eigenvalue weighted by Gasteiger charge is -2.30. The van der Waals surface area contributed by atoms with E-state index in [2.05, 4.69) is 26.1 Å². The topological polar surface area (TPSA) is 15.3 Å². The first-order chi connectivity index (χ1) is 9.63. The summed E-state index contributed by atoms with van der Waals surface area (Å²) in [4.78, 5) is 2.18.